The summed E-state index contributed by atoms with van der Waals surface area (Å²) in [7, 11) is 0. The Morgan fingerprint density at radius 3 is 2.57 bits per heavy atom. The molecule has 5 heteroatoms. The van der Waals surface area contributed by atoms with Gasteiger partial charge in [-0.2, -0.15) is 0 Å². The van der Waals surface area contributed by atoms with Gasteiger partial charge in [-0.3, -0.25) is 0 Å². The normalized spacial score (nSPS) is 18.6. The summed E-state index contributed by atoms with van der Waals surface area (Å²) >= 11 is 0. The van der Waals surface area contributed by atoms with E-state index in [0.29, 0.717) is 13.1 Å². The maximum Gasteiger partial charge on any atom is 0.410 e. The fourth-order valence-corrected chi connectivity index (χ4v) is 3.04. The highest BCUT2D eigenvalue weighted by Gasteiger charge is 2.26. The minimum Gasteiger partial charge on any atom is -0.444 e. The SMILES string of the molecule is CC(C)(C)OC(=O)N1CCc2cc(N3CCOCC3)ccc2C1. The number of carbonyl (C=O) groups excluding carboxylic acids is 1. The average Bonchev–Trinajstić information content (AvgIpc) is 2.53. The van der Waals surface area contributed by atoms with Crippen LogP contribution < -0.4 is 4.90 Å². The van der Waals surface area contributed by atoms with Crippen molar-refractivity contribution < 1.29 is 14.3 Å². The zero-order chi connectivity index (χ0) is 16.4. The van der Waals surface area contributed by atoms with Crippen molar-refractivity contribution in [3.8, 4) is 0 Å². The van der Waals surface area contributed by atoms with Crippen molar-refractivity contribution in [2.24, 2.45) is 0 Å². The Morgan fingerprint density at radius 1 is 1.13 bits per heavy atom. The lowest BCUT2D eigenvalue weighted by Gasteiger charge is -2.33. The van der Waals surface area contributed by atoms with Crippen molar-refractivity contribution in [1.29, 1.82) is 0 Å². The van der Waals surface area contributed by atoms with Crippen LogP contribution in [0.2, 0.25) is 0 Å². The standard InChI is InChI=1S/C18H26N2O3/c1-18(2,3)23-17(21)20-7-6-14-12-16(5-4-15(14)13-20)19-8-10-22-11-9-19/h4-5,12H,6-11,13H2,1-3H3. The van der Waals surface area contributed by atoms with E-state index in [9.17, 15) is 4.79 Å². The second-order valence-electron chi connectivity index (χ2n) is 7.20. The lowest BCUT2D eigenvalue weighted by molar-refractivity contribution is 0.0224. The van der Waals surface area contributed by atoms with Crippen LogP contribution in [0.5, 0.6) is 0 Å². The van der Waals surface area contributed by atoms with E-state index in [1.165, 1.54) is 16.8 Å². The highest BCUT2D eigenvalue weighted by atomic mass is 16.6. The van der Waals surface area contributed by atoms with Crippen molar-refractivity contribution in [3.05, 3.63) is 29.3 Å². The molecule has 126 valence electrons. The van der Waals surface area contributed by atoms with Crippen molar-refractivity contribution in [2.45, 2.75) is 39.3 Å². The number of anilines is 1. The van der Waals surface area contributed by atoms with Gasteiger partial charge in [0.1, 0.15) is 5.60 Å². The molecule has 2 heterocycles. The van der Waals surface area contributed by atoms with Gasteiger partial charge in [-0.25, -0.2) is 4.79 Å². The van der Waals surface area contributed by atoms with E-state index in [2.05, 4.69) is 23.1 Å². The molecule has 0 atom stereocenters. The van der Waals surface area contributed by atoms with Gasteiger partial charge in [0.2, 0.25) is 0 Å². The van der Waals surface area contributed by atoms with Crippen LogP contribution in [-0.2, 0) is 22.4 Å². The van der Waals surface area contributed by atoms with Crippen LogP contribution in [-0.4, -0.2) is 49.4 Å². The van der Waals surface area contributed by atoms with Gasteiger partial charge in [-0.15, -0.1) is 0 Å². The molecule has 0 N–H and O–H groups in total. The number of benzene rings is 1. The van der Waals surface area contributed by atoms with Gasteiger partial charge in [0.25, 0.3) is 0 Å². The maximum atomic E-state index is 12.2. The van der Waals surface area contributed by atoms with Gasteiger partial charge in [-0.05, 0) is 50.5 Å². The topological polar surface area (TPSA) is 42.0 Å². The highest BCUT2D eigenvalue weighted by molar-refractivity contribution is 5.69. The minimum absolute atomic E-state index is 0.222. The Balaban J connectivity index is 1.69. The molecular weight excluding hydrogens is 292 g/mol. The van der Waals surface area contributed by atoms with Crippen LogP contribution in [0.15, 0.2) is 18.2 Å². The molecular formula is C18H26N2O3. The summed E-state index contributed by atoms with van der Waals surface area (Å²) in [6, 6.07) is 6.58. The zero-order valence-corrected chi connectivity index (χ0v) is 14.3. The van der Waals surface area contributed by atoms with Gasteiger partial charge in [0.15, 0.2) is 0 Å². The molecule has 1 aromatic rings. The Hall–Kier alpha value is -1.75. The first-order chi connectivity index (χ1) is 10.9. The number of rotatable bonds is 1. The van der Waals surface area contributed by atoms with Crippen LogP contribution in [0, 0.1) is 0 Å². The van der Waals surface area contributed by atoms with Crippen LogP contribution in [0.3, 0.4) is 0 Å². The van der Waals surface area contributed by atoms with E-state index in [1.807, 2.05) is 20.8 Å². The summed E-state index contributed by atoms with van der Waals surface area (Å²) in [6.45, 7) is 10.5. The third-order valence-corrected chi connectivity index (χ3v) is 4.23. The Bertz CT molecular complexity index is 574. The van der Waals surface area contributed by atoms with Gasteiger partial charge >= 0.3 is 6.09 Å². The van der Waals surface area contributed by atoms with E-state index < -0.39 is 5.60 Å². The average molecular weight is 318 g/mol. The van der Waals surface area contributed by atoms with Gasteiger partial charge in [0, 0.05) is 31.9 Å². The largest absolute Gasteiger partial charge is 0.444 e. The Kier molecular flexibility index (Phi) is 4.48. The quantitative estimate of drug-likeness (QED) is 0.798. The van der Waals surface area contributed by atoms with Gasteiger partial charge in [-0.1, -0.05) is 6.07 Å². The number of ether oxygens (including phenoxy) is 2. The molecule has 1 fully saturated rings. The van der Waals surface area contributed by atoms with E-state index in [1.54, 1.807) is 4.90 Å². The maximum absolute atomic E-state index is 12.2. The molecule has 0 radical (unpaired) electrons. The molecule has 2 aliphatic heterocycles. The molecule has 0 saturated carbocycles. The lowest BCUT2D eigenvalue weighted by Crippen LogP contribution is -2.40. The summed E-state index contributed by atoms with van der Waals surface area (Å²) < 4.78 is 10.9. The fraction of sp³-hybridized carbons (Fsp3) is 0.611. The molecule has 5 nitrogen and oxygen atoms in total. The molecule has 1 saturated heterocycles. The molecule has 3 rings (SSSR count). The number of nitrogens with zero attached hydrogens (tertiary/aromatic N) is 2. The summed E-state index contributed by atoms with van der Waals surface area (Å²) in [6.07, 6.45) is 0.660. The number of carbonyl (C=O) groups is 1. The predicted octanol–water partition coefficient (Wildman–Crippen LogP) is 2.82. The monoisotopic (exact) mass is 318 g/mol. The Labute approximate surface area is 138 Å². The third kappa shape index (κ3) is 3.96. The molecule has 0 aliphatic carbocycles. The number of amides is 1. The van der Waals surface area contributed by atoms with E-state index in [0.717, 1.165) is 32.7 Å². The van der Waals surface area contributed by atoms with Crippen molar-refractivity contribution in [1.82, 2.24) is 4.90 Å². The second kappa shape index (κ2) is 6.40. The molecule has 0 spiro atoms. The lowest BCUT2D eigenvalue weighted by atomic mass is 9.99. The number of morpholine rings is 1. The summed E-state index contributed by atoms with van der Waals surface area (Å²) in [5.74, 6) is 0. The first-order valence-corrected chi connectivity index (χ1v) is 8.35. The molecule has 0 bridgehead atoms. The smallest absolute Gasteiger partial charge is 0.410 e. The highest BCUT2D eigenvalue weighted by Crippen LogP contribution is 2.26. The Morgan fingerprint density at radius 2 is 1.87 bits per heavy atom. The summed E-state index contributed by atoms with van der Waals surface area (Å²) in [5.41, 5.74) is 3.38. The molecule has 1 aromatic carbocycles. The fourth-order valence-electron chi connectivity index (χ4n) is 3.04. The van der Waals surface area contributed by atoms with E-state index >= 15 is 0 Å². The van der Waals surface area contributed by atoms with Crippen LogP contribution in [0.25, 0.3) is 0 Å². The first kappa shape index (κ1) is 16.1. The van der Waals surface area contributed by atoms with Crippen LogP contribution in [0.1, 0.15) is 31.9 Å². The van der Waals surface area contributed by atoms with Crippen LogP contribution in [0.4, 0.5) is 10.5 Å². The van der Waals surface area contributed by atoms with Crippen molar-refractivity contribution >= 4 is 11.8 Å². The van der Waals surface area contributed by atoms with E-state index in [4.69, 9.17) is 9.47 Å². The number of fused-ring (bicyclic) bond motifs is 1. The van der Waals surface area contributed by atoms with Gasteiger partial charge < -0.3 is 19.3 Å². The van der Waals surface area contributed by atoms with Crippen molar-refractivity contribution in [2.75, 3.05) is 37.7 Å². The molecule has 0 aromatic heterocycles. The van der Waals surface area contributed by atoms with Crippen LogP contribution >= 0.6 is 0 Å². The predicted molar refractivity (Wildman–Crippen MR) is 89.8 cm³/mol. The third-order valence-electron chi connectivity index (χ3n) is 4.23. The molecule has 2 aliphatic rings. The molecule has 0 unspecified atom stereocenters. The molecule has 1 amide bonds. The van der Waals surface area contributed by atoms with E-state index in [-0.39, 0.29) is 6.09 Å². The summed E-state index contributed by atoms with van der Waals surface area (Å²) in [4.78, 5) is 16.4. The first-order valence-electron chi connectivity index (χ1n) is 8.35. The van der Waals surface area contributed by atoms with Gasteiger partial charge in [0.05, 0.1) is 13.2 Å². The molecule has 23 heavy (non-hydrogen) atoms. The van der Waals surface area contributed by atoms with Crippen molar-refractivity contribution in [3.63, 3.8) is 0 Å². The number of hydrogen-bond acceptors (Lipinski definition) is 4. The zero-order valence-electron chi connectivity index (χ0n) is 14.3. The summed E-state index contributed by atoms with van der Waals surface area (Å²) in [5, 5.41) is 0. The minimum atomic E-state index is -0.447. The second-order valence-corrected chi connectivity index (χ2v) is 7.20. The number of hydrogen-bond donors (Lipinski definition) is 0.